The molecule has 0 N–H and O–H groups in total. The van der Waals surface area contributed by atoms with Crippen LogP contribution in [0.15, 0.2) is 54.6 Å². The summed E-state index contributed by atoms with van der Waals surface area (Å²) in [5.74, 6) is -0.844. The molecule has 5 nitrogen and oxygen atoms in total. The Morgan fingerprint density at radius 3 is 2.41 bits per heavy atom. The van der Waals surface area contributed by atoms with E-state index >= 15 is 0 Å². The second kappa shape index (κ2) is 3.96. The normalized spacial score (nSPS) is 28.3. The third-order valence-electron chi connectivity index (χ3n) is 4.62. The molecule has 2 fully saturated rings. The molecule has 0 spiro atoms. The highest BCUT2D eigenvalue weighted by Gasteiger charge is 2.64. The minimum atomic E-state index is -0.549. The Kier molecular flexibility index (Phi) is 2.15. The van der Waals surface area contributed by atoms with Crippen molar-refractivity contribution in [1.29, 1.82) is 0 Å². The van der Waals surface area contributed by atoms with Crippen molar-refractivity contribution in [3.05, 3.63) is 60.2 Å². The van der Waals surface area contributed by atoms with Gasteiger partial charge in [0.2, 0.25) is 5.91 Å². The Morgan fingerprint density at radius 2 is 1.59 bits per heavy atom. The van der Waals surface area contributed by atoms with E-state index in [1.807, 2.05) is 42.5 Å². The number of hydrogen-bond acceptors (Lipinski definition) is 4. The van der Waals surface area contributed by atoms with Gasteiger partial charge in [-0.3, -0.25) is 14.4 Å². The third-order valence-corrected chi connectivity index (χ3v) is 4.62. The quantitative estimate of drug-likeness (QED) is 0.755. The van der Waals surface area contributed by atoms with Gasteiger partial charge in [-0.05, 0) is 18.2 Å². The maximum absolute atomic E-state index is 12.8. The van der Waals surface area contributed by atoms with E-state index in [9.17, 15) is 9.59 Å². The molecule has 2 saturated heterocycles. The van der Waals surface area contributed by atoms with Crippen LogP contribution in [-0.2, 0) is 14.4 Å². The van der Waals surface area contributed by atoms with Crippen LogP contribution in [0.3, 0.4) is 0 Å². The van der Waals surface area contributed by atoms with Crippen LogP contribution in [0.5, 0.6) is 0 Å². The van der Waals surface area contributed by atoms with Crippen LogP contribution in [0.1, 0.15) is 11.7 Å². The number of nitrogens with zero attached hydrogens (tertiary/aromatic N) is 2. The number of anilines is 2. The van der Waals surface area contributed by atoms with Crippen LogP contribution in [0.25, 0.3) is 0 Å². The van der Waals surface area contributed by atoms with Crippen molar-refractivity contribution >= 4 is 23.2 Å². The Balaban J connectivity index is 1.62. The molecule has 5 rings (SSSR count). The summed E-state index contributed by atoms with van der Waals surface area (Å²) in [6.45, 7) is 0. The van der Waals surface area contributed by atoms with Crippen LogP contribution >= 0.6 is 0 Å². The molecule has 2 aromatic carbocycles. The summed E-state index contributed by atoms with van der Waals surface area (Å²) in [7, 11) is 0. The Bertz CT molecular complexity index is 758. The summed E-state index contributed by atoms with van der Waals surface area (Å²) in [6.07, 6.45) is -0.355. The fourth-order valence-corrected chi connectivity index (χ4v) is 3.69. The Hall–Kier alpha value is -2.66. The Labute approximate surface area is 126 Å². The second-order valence-corrected chi connectivity index (χ2v) is 5.73. The number of hydrogen-bond donors (Lipinski definition) is 0. The predicted molar refractivity (Wildman–Crippen MR) is 79.0 cm³/mol. The third kappa shape index (κ3) is 1.27. The van der Waals surface area contributed by atoms with E-state index in [1.165, 1.54) is 4.90 Å². The first kappa shape index (κ1) is 11.9. The van der Waals surface area contributed by atoms with E-state index in [4.69, 9.17) is 4.84 Å². The first-order valence-electron chi connectivity index (χ1n) is 7.25. The number of carbonyl (C=O) groups is 2. The predicted octanol–water partition coefficient (Wildman–Crippen LogP) is 2.05. The lowest BCUT2D eigenvalue weighted by Crippen LogP contribution is -2.40. The van der Waals surface area contributed by atoms with E-state index in [1.54, 1.807) is 17.2 Å². The van der Waals surface area contributed by atoms with Crippen LogP contribution in [-0.4, -0.2) is 17.9 Å². The molecule has 2 amide bonds. The number of hydroxylamine groups is 1. The van der Waals surface area contributed by atoms with Gasteiger partial charge in [0.05, 0.1) is 11.4 Å². The number of para-hydroxylation sites is 2. The highest BCUT2D eigenvalue weighted by Crippen LogP contribution is 2.54. The highest BCUT2D eigenvalue weighted by molar-refractivity contribution is 6.25. The number of fused-ring (bicyclic) bond motifs is 8. The average molecular weight is 292 g/mol. The minimum Gasteiger partial charge on any atom is -0.273 e. The number of rotatable bonds is 1. The number of benzene rings is 2. The molecule has 108 valence electrons. The summed E-state index contributed by atoms with van der Waals surface area (Å²) in [6, 6.07) is 16.2. The molecule has 3 heterocycles. The van der Waals surface area contributed by atoms with E-state index in [0.717, 1.165) is 11.3 Å². The zero-order chi connectivity index (χ0) is 14.8. The van der Waals surface area contributed by atoms with Gasteiger partial charge in [0.1, 0.15) is 12.0 Å². The largest absolute Gasteiger partial charge is 0.273 e. The molecule has 0 radical (unpaired) electrons. The summed E-state index contributed by atoms with van der Waals surface area (Å²) in [4.78, 5) is 32.7. The van der Waals surface area contributed by atoms with Crippen LogP contribution < -0.4 is 9.96 Å². The van der Waals surface area contributed by atoms with E-state index < -0.39 is 12.0 Å². The van der Waals surface area contributed by atoms with Crippen molar-refractivity contribution in [2.45, 2.75) is 12.1 Å². The molecule has 3 unspecified atom stereocenters. The first-order chi connectivity index (χ1) is 10.8. The standard InChI is InChI=1S/C17H12N2O3/c20-16-13-14(17(21)18(16)10-6-2-1-3-7-10)19-12-9-5-4-8-11(12)15(13)22-19/h1-9,13-15H. The van der Waals surface area contributed by atoms with Crippen LogP contribution in [0.2, 0.25) is 0 Å². The summed E-state index contributed by atoms with van der Waals surface area (Å²) in [5.41, 5.74) is 2.50. The molecule has 0 saturated carbocycles. The summed E-state index contributed by atoms with van der Waals surface area (Å²) < 4.78 is 0. The lowest BCUT2D eigenvalue weighted by molar-refractivity contribution is -0.124. The van der Waals surface area contributed by atoms with Crippen molar-refractivity contribution in [1.82, 2.24) is 0 Å². The fraction of sp³-hybridized carbons (Fsp3) is 0.176. The van der Waals surface area contributed by atoms with Crippen LogP contribution in [0, 0.1) is 5.92 Å². The Morgan fingerprint density at radius 1 is 0.864 bits per heavy atom. The molecule has 2 bridgehead atoms. The van der Waals surface area contributed by atoms with Crippen molar-refractivity contribution < 1.29 is 14.4 Å². The van der Waals surface area contributed by atoms with Gasteiger partial charge in [0, 0.05) is 5.56 Å². The maximum Gasteiger partial charge on any atom is 0.260 e. The van der Waals surface area contributed by atoms with E-state index in [2.05, 4.69) is 0 Å². The maximum atomic E-state index is 12.8. The zero-order valence-corrected chi connectivity index (χ0v) is 11.5. The summed E-state index contributed by atoms with van der Waals surface area (Å²) >= 11 is 0. The SMILES string of the molecule is O=C1C2C3ON(c4ccccc43)C2C(=O)N1c1ccccc1. The van der Waals surface area contributed by atoms with Crippen molar-refractivity contribution in [2.24, 2.45) is 5.92 Å². The first-order valence-corrected chi connectivity index (χ1v) is 7.25. The van der Waals surface area contributed by atoms with Crippen molar-refractivity contribution in [2.75, 3.05) is 9.96 Å². The second-order valence-electron chi connectivity index (χ2n) is 5.73. The summed E-state index contributed by atoms with van der Waals surface area (Å²) in [5, 5.41) is 1.62. The smallest absolute Gasteiger partial charge is 0.260 e. The number of amides is 2. The molecule has 5 heteroatoms. The van der Waals surface area contributed by atoms with Gasteiger partial charge >= 0.3 is 0 Å². The average Bonchev–Trinajstić information content (AvgIpc) is 3.19. The topological polar surface area (TPSA) is 49.9 Å². The zero-order valence-electron chi connectivity index (χ0n) is 11.5. The van der Waals surface area contributed by atoms with Gasteiger partial charge in [0.15, 0.2) is 6.04 Å². The lowest BCUT2D eigenvalue weighted by atomic mass is 9.88. The van der Waals surface area contributed by atoms with Gasteiger partial charge in [-0.2, -0.15) is 0 Å². The fourth-order valence-electron chi connectivity index (χ4n) is 3.69. The van der Waals surface area contributed by atoms with Gasteiger partial charge in [-0.15, -0.1) is 0 Å². The van der Waals surface area contributed by atoms with Gasteiger partial charge in [0.25, 0.3) is 5.91 Å². The molecular formula is C17H12N2O3. The molecule has 3 aliphatic heterocycles. The molecule has 0 aliphatic carbocycles. The molecule has 0 aromatic heterocycles. The molecule has 3 atom stereocenters. The number of carbonyl (C=O) groups excluding carboxylic acids is 2. The van der Waals surface area contributed by atoms with Crippen LogP contribution in [0.4, 0.5) is 11.4 Å². The minimum absolute atomic E-state index is 0.178. The molecule has 3 aliphatic rings. The highest BCUT2D eigenvalue weighted by atomic mass is 16.7. The van der Waals surface area contributed by atoms with Gasteiger partial charge < -0.3 is 0 Å². The van der Waals surface area contributed by atoms with E-state index in [0.29, 0.717) is 5.69 Å². The van der Waals surface area contributed by atoms with Gasteiger partial charge in [-0.25, -0.2) is 9.96 Å². The monoisotopic (exact) mass is 292 g/mol. The lowest BCUT2D eigenvalue weighted by Gasteiger charge is -2.22. The van der Waals surface area contributed by atoms with Gasteiger partial charge in [-0.1, -0.05) is 36.4 Å². The van der Waals surface area contributed by atoms with Crippen molar-refractivity contribution in [3.63, 3.8) is 0 Å². The molecular weight excluding hydrogens is 280 g/mol. The molecule has 22 heavy (non-hydrogen) atoms. The molecule has 2 aromatic rings. The van der Waals surface area contributed by atoms with E-state index in [-0.39, 0.29) is 17.9 Å². The number of imide groups is 1. The van der Waals surface area contributed by atoms with Crippen molar-refractivity contribution in [3.8, 4) is 0 Å².